The number of amides is 1. The fourth-order valence-electron chi connectivity index (χ4n) is 3.02. The van der Waals surface area contributed by atoms with Gasteiger partial charge in [0.15, 0.2) is 11.6 Å². The number of ketones is 1. The van der Waals surface area contributed by atoms with Crippen molar-refractivity contribution >= 4 is 29.1 Å². The molecule has 1 saturated carbocycles. The minimum atomic E-state index is -0.573. The minimum Gasteiger partial charge on any atom is -0.336 e. The molecule has 148 valence electrons. The SMILES string of the molecule is CC(=O)c1cccc(NC(=O)[C@H](Sc2nnc(C3CC3)n2N)c2ccccc2)c1. The van der Waals surface area contributed by atoms with Crippen LogP contribution in [0.5, 0.6) is 0 Å². The first-order chi connectivity index (χ1) is 14.0. The van der Waals surface area contributed by atoms with Crippen molar-refractivity contribution < 1.29 is 9.59 Å². The molecule has 4 rings (SSSR count). The first kappa shape index (κ1) is 19.2. The van der Waals surface area contributed by atoms with E-state index in [0.717, 1.165) is 24.2 Å². The third-order valence-electron chi connectivity index (χ3n) is 4.73. The second-order valence-electron chi connectivity index (χ2n) is 7.02. The van der Waals surface area contributed by atoms with Crippen molar-refractivity contribution in [3.05, 3.63) is 71.5 Å². The Bertz CT molecular complexity index is 1050. The molecule has 2 aromatic carbocycles. The fourth-order valence-corrected chi connectivity index (χ4v) is 3.98. The van der Waals surface area contributed by atoms with E-state index in [1.54, 1.807) is 24.3 Å². The highest BCUT2D eigenvalue weighted by Crippen LogP contribution is 2.41. The lowest BCUT2D eigenvalue weighted by Crippen LogP contribution is -2.21. The smallest absolute Gasteiger partial charge is 0.242 e. The van der Waals surface area contributed by atoms with Crippen molar-refractivity contribution in [1.82, 2.24) is 14.9 Å². The summed E-state index contributed by atoms with van der Waals surface area (Å²) in [5, 5.41) is 11.2. The molecule has 8 heteroatoms. The van der Waals surface area contributed by atoms with E-state index in [2.05, 4.69) is 15.5 Å². The van der Waals surface area contributed by atoms with Crippen LogP contribution < -0.4 is 11.2 Å². The number of hydrogen-bond acceptors (Lipinski definition) is 6. The highest BCUT2D eigenvalue weighted by Gasteiger charge is 2.31. The number of nitrogens with two attached hydrogens (primary N) is 1. The summed E-state index contributed by atoms with van der Waals surface area (Å²) < 4.78 is 1.49. The molecule has 0 spiro atoms. The number of rotatable bonds is 7. The number of nitrogens with zero attached hydrogens (tertiary/aromatic N) is 3. The Morgan fingerprint density at radius 1 is 1.14 bits per heavy atom. The van der Waals surface area contributed by atoms with E-state index in [-0.39, 0.29) is 11.7 Å². The van der Waals surface area contributed by atoms with E-state index in [1.165, 1.54) is 23.4 Å². The van der Waals surface area contributed by atoms with Crippen LogP contribution in [0.4, 0.5) is 5.69 Å². The number of carbonyl (C=O) groups excluding carboxylic acids is 2. The predicted molar refractivity (Wildman–Crippen MR) is 112 cm³/mol. The van der Waals surface area contributed by atoms with Gasteiger partial charge in [-0.15, -0.1) is 10.2 Å². The number of Topliss-reactive ketones (excluding diaryl/α,β-unsaturated/α-hetero) is 1. The number of anilines is 1. The van der Waals surface area contributed by atoms with Crippen molar-refractivity contribution in [2.45, 2.75) is 36.1 Å². The van der Waals surface area contributed by atoms with Gasteiger partial charge in [0.25, 0.3) is 0 Å². The largest absolute Gasteiger partial charge is 0.336 e. The van der Waals surface area contributed by atoms with Crippen molar-refractivity contribution in [3.63, 3.8) is 0 Å². The summed E-state index contributed by atoms with van der Waals surface area (Å²) in [5.41, 5.74) is 1.94. The molecule has 0 saturated heterocycles. The van der Waals surface area contributed by atoms with Gasteiger partial charge in [-0.05, 0) is 37.5 Å². The number of nitrogens with one attached hydrogen (secondary N) is 1. The molecular formula is C21H21N5O2S. The maximum atomic E-state index is 13.1. The highest BCUT2D eigenvalue weighted by molar-refractivity contribution is 8.00. The Balaban J connectivity index is 1.60. The normalized spacial score (nSPS) is 14.4. The zero-order chi connectivity index (χ0) is 20.4. The molecule has 1 heterocycles. The number of nitrogen functional groups attached to an aromatic ring is 1. The lowest BCUT2D eigenvalue weighted by Gasteiger charge is -2.17. The summed E-state index contributed by atoms with van der Waals surface area (Å²) in [6.07, 6.45) is 2.13. The van der Waals surface area contributed by atoms with E-state index >= 15 is 0 Å². The molecule has 1 atom stereocenters. The number of hydrogen-bond donors (Lipinski definition) is 2. The van der Waals surface area contributed by atoms with Crippen LogP contribution in [-0.2, 0) is 4.79 Å². The summed E-state index contributed by atoms with van der Waals surface area (Å²) >= 11 is 1.26. The summed E-state index contributed by atoms with van der Waals surface area (Å²) in [4.78, 5) is 24.8. The van der Waals surface area contributed by atoms with Crippen LogP contribution in [0.1, 0.15) is 52.7 Å². The van der Waals surface area contributed by atoms with Crippen LogP contribution >= 0.6 is 11.8 Å². The standard InChI is InChI=1S/C21H21N5O2S/c1-13(27)16-8-5-9-17(12-16)23-20(28)18(14-6-3-2-4-7-14)29-21-25-24-19(26(21)22)15-10-11-15/h2-9,12,15,18H,10-11,22H2,1H3,(H,23,28)/t18-/m1/s1. The van der Waals surface area contributed by atoms with Crippen molar-refractivity contribution in [2.24, 2.45) is 0 Å². The van der Waals surface area contributed by atoms with Gasteiger partial charge < -0.3 is 11.2 Å². The molecule has 1 aromatic heterocycles. The molecule has 3 N–H and O–H groups in total. The summed E-state index contributed by atoms with van der Waals surface area (Å²) in [5.74, 6) is 7.02. The van der Waals surface area contributed by atoms with Gasteiger partial charge >= 0.3 is 0 Å². The zero-order valence-corrected chi connectivity index (χ0v) is 16.7. The second kappa shape index (κ2) is 8.08. The number of thioether (sulfide) groups is 1. The highest BCUT2D eigenvalue weighted by atomic mass is 32.2. The second-order valence-corrected chi connectivity index (χ2v) is 8.09. The summed E-state index contributed by atoms with van der Waals surface area (Å²) in [7, 11) is 0. The lowest BCUT2D eigenvalue weighted by atomic mass is 10.1. The summed E-state index contributed by atoms with van der Waals surface area (Å²) in [6, 6.07) is 16.3. The maximum absolute atomic E-state index is 13.1. The van der Waals surface area contributed by atoms with Crippen LogP contribution in [0.3, 0.4) is 0 Å². The molecule has 3 aromatic rings. The molecule has 1 aliphatic rings. The van der Waals surface area contributed by atoms with Gasteiger partial charge in [0.05, 0.1) is 0 Å². The minimum absolute atomic E-state index is 0.0566. The van der Waals surface area contributed by atoms with Crippen molar-refractivity contribution in [1.29, 1.82) is 0 Å². The van der Waals surface area contributed by atoms with Crippen LogP contribution in [0.15, 0.2) is 59.8 Å². The van der Waals surface area contributed by atoms with Crippen molar-refractivity contribution in [3.8, 4) is 0 Å². The quantitative estimate of drug-likeness (QED) is 0.353. The van der Waals surface area contributed by atoms with Crippen LogP contribution in [-0.4, -0.2) is 26.6 Å². The first-order valence-corrected chi connectivity index (χ1v) is 10.2. The van der Waals surface area contributed by atoms with Gasteiger partial charge in [0, 0.05) is 17.2 Å². The predicted octanol–water partition coefficient (Wildman–Crippen LogP) is 3.54. The maximum Gasteiger partial charge on any atom is 0.242 e. The molecule has 1 amide bonds. The Hall–Kier alpha value is -3.13. The van der Waals surface area contributed by atoms with Crippen LogP contribution in [0.25, 0.3) is 0 Å². The zero-order valence-electron chi connectivity index (χ0n) is 15.9. The Kier molecular flexibility index (Phi) is 5.35. The number of aromatic nitrogens is 3. The van der Waals surface area contributed by atoms with E-state index in [9.17, 15) is 9.59 Å². The molecule has 29 heavy (non-hydrogen) atoms. The third-order valence-corrected chi connectivity index (χ3v) is 5.94. The molecule has 7 nitrogen and oxygen atoms in total. The Morgan fingerprint density at radius 3 is 2.59 bits per heavy atom. The topological polar surface area (TPSA) is 103 Å². The van der Waals surface area contributed by atoms with Gasteiger partial charge in [0.1, 0.15) is 5.25 Å². The Labute approximate surface area is 172 Å². The third kappa shape index (κ3) is 4.32. The molecule has 0 bridgehead atoms. The van der Waals surface area contributed by atoms with Crippen LogP contribution in [0, 0.1) is 0 Å². The average Bonchev–Trinajstić information content (AvgIpc) is 3.50. The molecule has 0 radical (unpaired) electrons. The van der Waals surface area contributed by atoms with Gasteiger partial charge in [-0.1, -0.05) is 54.2 Å². The van der Waals surface area contributed by atoms with E-state index in [0.29, 0.717) is 22.3 Å². The fraction of sp³-hybridized carbons (Fsp3) is 0.238. The molecular weight excluding hydrogens is 386 g/mol. The van der Waals surface area contributed by atoms with Gasteiger partial charge in [-0.2, -0.15) is 0 Å². The van der Waals surface area contributed by atoms with E-state index in [1.807, 2.05) is 30.3 Å². The van der Waals surface area contributed by atoms with E-state index < -0.39 is 5.25 Å². The monoisotopic (exact) mass is 407 g/mol. The first-order valence-electron chi connectivity index (χ1n) is 9.37. The van der Waals surface area contributed by atoms with E-state index in [4.69, 9.17) is 5.84 Å². The van der Waals surface area contributed by atoms with Crippen LogP contribution in [0.2, 0.25) is 0 Å². The molecule has 1 fully saturated rings. The average molecular weight is 407 g/mol. The van der Waals surface area contributed by atoms with Crippen molar-refractivity contribution in [2.75, 3.05) is 11.2 Å². The number of benzene rings is 2. The van der Waals surface area contributed by atoms with Gasteiger partial charge in [-0.25, -0.2) is 4.68 Å². The molecule has 1 aliphatic carbocycles. The number of carbonyl (C=O) groups is 2. The molecule has 0 unspecified atom stereocenters. The molecule has 0 aliphatic heterocycles. The van der Waals surface area contributed by atoms with Gasteiger partial charge in [-0.3, -0.25) is 9.59 Å². The lowest BCUT2D eigenvalue weighted by molar-refractivity contribution is -0.115. The summed E-state index contributed by atoms with van der Waals surface area (Å²) in [6.45, 7) is 1.50. The van der Waals surface area contributed by atoms with Gasteiger partial charge in [0.2, 0.25) is 11.1 Å². The Morgan fingerprint density at radius 2 is 1.90 bits per heavy atom.